The van der Waals surface area contributed by atoms with E-state index in [0.29, 0.717) is 0 Å². The monoisotopic (exact) mass is 450 g/mol. The molecule has 0 aromatic heterocycles. The molecule has 33 heavy (non-hydrogen) atoms. The minimum Gasteiger partial charge on any atom is -0.427 e. The van der Waals surface area contributed by atoms with Crippen molar-refractivity contribution in [1.82, 2.24) is 0 Å². The number of esters is 2. The van der Waals surface area contributed by atoms with Gasteiger partial charge in [0, 0.05) is 24.3 Å². The van der Waals surface area contributed by atoms with Crippen LogP contribution in [-0.2, 0) is 16.0 Å². The number of hydrogen-bond acceptors (Lipinski definition) is 8. The molecule has 0 bridgehead atoms. The summed E-state index contributed by atoms with van der Waals surface area (Å²) in [6.45, 7) is 0. The van der Waals surface area contributed by atoms with Crippen LogP contribution in [0.2, 0.25) is 0 Å². The highest BCUT2D eigenvalue weighted by atomic mass is 16.6. The molecule has 0 unspecified atom stereocenters. The van der Waals surface area contributed by atoms with Crippen molar-refractivity contribution in [3.63, 3.8) is 0 Å². The first-order chi connectivity index (χ1) is 15.8. The van der Waals surface area contributed by atoms with Crippen molar-refractivity contribution >= 4 is 23.3 Å². The third-order valence-corrected chi connectivity index (χ3v) is 4.62. The first-order valence-electron chi connectivity index (χ1n) is 9.77. The number of rotatable bonds is 9. The number of carbonyl (C=O) groups excluding carboxylic acids is 2. The first-order valence-corrected chi connectivity index (χ1v) is 9.77. The van der Waals surface area contributed by atoms with Crippen molar-refractivity contribution in [2.24, 2.45) is 5.92 Å². The molecule has 10 heteroatoms. The van der Waals surface area contributed by atoms with E-state index in [0.717, 1.165) is 5.56 Å². The molecular weight excluding hydrogens is 432 g/mol. The van der Waals surface area contributed by atoms with E-state index in [1.165, 1.54) is 48.5 Å². The van der Waals surface area contributed by atoms with Crippen LogP contribution in [0.25, 0.3) is 0 Å². The van der Waals surface area contributed by atoms with E-state index < -0.39 is 27.7 Å². The average Bonchev–Trinajstić information content (AvgIpc) is 2.80. The molecule has 0 saturated heterocycles. The van der Waals surface area contributed by atoms with Crippen molar-refractivity contribution < 1.29 is 28.9 Å². The maximum absolute atomic E-state index is 12.8. The Morgan fingerprint density at radius 2 is 1.21 bits per heavy atom. The summed E-state index contributed by atoms with van der Waals surface area (Å²) in [7, 11) is 0. The number of non-ortho nitro benzene ring substituents is 2. The molecule has 1 atom stereocenters. The molecule has 168 valence electrons. The summed E-state index contributed by atoms with van der Waals surface area (Å²) in [5.74, 6) is -2.10. The van der Waals surface area contributed by atoms with Gasteiger partial charge in [-0.15, -0.1) is 0 Å². The Morgan fingerprint density at radius 3 is 1.70 bits per heavy atom. The summed E-state index contributed by atoms with van der Waals surface area (Å²) >= 11 is 0. The molecular formula is C23H18N2O8. The van der Waals surface area contributed by atoms with Crippen LogP contribution in [0, 0.1) is 26.1 Å². The first kappa shape index (κ1) is 23.1. The van der Waals surface area contributed by atoms with Crippen LogP contribution in [-0.4, -0.2) is 21.8 Å². The Hall–Kier alpha value is -4.60. The third kappa shape index (κ3) is 6.69. The van der Waals surface area contributed by atoms with Crippen molar-refractivity contribution in [1.29, 1.82) is 0 Å². The largest absolute Gasteiger partial charge is 0.427 e. The smallest absolute Gasteiger partial charge is 0.315 e. The van der Waals surface area contributed by atoms with Gasteiger partial charge in [-0.3, -0.25) is 29.8 Å². The maximum Gasteiger partial charge on any atom is 0.315 e. The van der Waals surface area contributed by atoms with Crippen LogP contribution >= 0.6 is 0 Å². The molecule has 0 aliphatic rings. The highest BCUT2D eigenvalue weighted by Gasteiger charge is 2.26. The molecule has 3 aromatic rings. The standard InChI is InChI=1S/C23H18N2O8/c26-22(32-20-10-6-18(7-11-20)24(28)29)15-17(14-16-4-2-1-3-5-16)23(27)33-21-12-8-19(9-13-21)25(30)31/h1-13,17H,14-15H2/t17-/m0/s1. The van der Waals surface area contributed by atoms with Crippen molar-refractivity contribution in [2.45, 2.75) is 12.8 Å². The quantitative estimate of drug-likeness (QED) is 0.204. The maximum atomic E-state index is 12.8. The predicted molar refractivity (Wildman–Crippen MR) is 116 cm³/mol. The summed E-state index contributed by atoms with van der Waals surface area (Å²) in [4.78, 5) is 45.7. The summed E-state index contributed by atoms with van der Waals surface area (Å²) in [6.07, 6.45) is -0.111. The zero-order chi connectivity index (χ0) is 23.8. The lowest BCUT2D eigenvalue weighted by Crippen LogP contribution is -2.27. The molecule has 10 nitrogen and oxygen atoms in total. The van der Waals surface area contributed by atoms with E-state index in [-0.39, 0.29) is 35.7 Å². The zero-order valence-electron chi connectivity index (χ0n) is 17.2. The molecule has 0 aliphatic carbocycles. The van der Waals surface area contributed by atoms with Gasteiger partial charge in [-0.25, -0.2) is 0 Å². The molecule has 0 spiro atoms. The number of hydrogen-bond donors (Lipinski definition) is 0. The lowest BCUT2D eigenvalue weighted by Gasteiger charge is -2.15. The average molecular weight is 450 g/mol. The molecule has 0 heterocycles. The molecule has 0 aliphatic heterocycles. The van der Waals surface area contributed by atoms with Crippen molar-refractivity contribution in [2.75, 3.05) is 0 Å². The van der Waals surface area contributed by atoms with Gasteiger partial charge in [0.1, 0.15) is 11.5 Å². The number of benzene rings is 3. The summed E-state index contributed by atoms with van der Waals surface area (Å²) in [6, 6.07) is 19.0. The van der Waals surface area contributed by atoms with Gasteiger partial charge in [0.25, 0.3) is 11.4 Å². The van der Waals surface area contributed by atoms with Gasteiger partial charge in [-0.1, -0.05) is 30.3 Å². The molecule has 0 N–H and O–H groups in total. The summed E-state index contributed by atoms with van der Waals surface area (Å²) in [5.41, 5.74) is 0.497. The topological polar surface area (TPSA) is 139 Å². The van der Waals surface area contributed by atoms with Crippen molar-refractivity contribution in [3.8, 4) is 11.5 Å². The van der Waals surface area contributed by atoms with E-state index in [1.54, 1.807) is 24.3 Å². The fourth-order valence-electron chi connectivity index (χ4n) is 2.98. The molecule has 0 saturated carbocycles. The van der Waals surface area contributed by atoms with Crippen LogP contribution in [0.15, 0.2) is 78.9 Å². The van der Waals surface area contributed by atoms with Crippen LogP contribution in [0.1, 0.15) is 12.0 Å². The number of nitro groups is 2. The Labute approximate surface area is 187 Å². The molecule has 3 rings (SSSR count). The highest BCUT2D eigenvalue weighted by Crippen LogP contribution is 2.22. The Bertz CT molecular complexity index is 1150. The Kier molecular flexibility index (Phi) is 7.43. The lowest BCUT2D eigenvalue weighted by atomic mass is 9.96. The van der Waals surface area contributed by atoms with Gasteiger partial charge >= 0.3 is 11.9 Å². The lowest BCUT2D eigenvalue weighted by molar-refractivity contribution is -0.385. The zero-order valence-corrected chi connectivity index (χ0v) is 17.2. The molecule has 0 fully saturated rings. The fourth-order valence-corrected chi connectivity index (χ4v) is 2.98. The minimum atomic E-state index is -0.895. The SMILES string of the molecule is O=C(C[C@H](Cc1ccccc1)C(=O)Oc1ccc([N+](=O)[O-])cc1)Oc1ccc([N+](=O)[O-])cc1. The van der Waals surface area contributed by atoms with Gasteiger partial charge in [0.15, 0.2) is 0 Å². The normalized spacial score (nSPS) is 11.3. The Morgan fingerprint density at radius 1 is 0.727 bits per heavy atom. The van der Waals surface area contributed by atoms with E-state index in [4.69, 9.17) is 9.47 Å². The van der Waals surface area contributed by atoms with Crippen LogP contribution in [0.5, 0.6) is 11.5 Å². The number of nitro benzene ring substituents is 2. The third-order valence-electron chi connectivity index (χ3n) is 4.62. The second-order valence-electron chi connectivity index (χ2n) is 6.99. The van der Waals surface area contributed by atoms with Crippen LogP contribution < -0.4 is 9.47 Å². The minimum absolute atomic E-state index is 0.104. The van der Waals surface area contributed by atoms with Gasteiger partial charge in [-0.2, -0.15) is 0 Å². The molecule has 0 radical (unpaired) electrons. The van der Waals surface area contributed by atoms with Gasteiger partial charge < -0.3 is 9.47 Å². The van der Waals surface area contributed by atoms with E-state index in [9.17, 15) is 29.8 Å². The second-order valence-corrected chi connectivity index (χ2v) is 6.99. The van der Waals surface area contributed by atoms with Gasteiger partial charge in [0.2, 0.25) is 0 Å². The number of nitrogens with zero attached hydrogens (tertiary/aromatic N) is 2. The highest BCUT2D eigenvalue weighted by molar-refractivity contribution is 5.82. The predicted octanol–water partition coefficient (Wildman–Crippen LogP) is 4.26. The van der Waals surface area contributed by atoms with Crippen LogP contribution in [0.4, 0.5) is 11.4 Å². The Balaban J connectivity index is 1.71. The molecule has 3 aromatic carbocycles. The summed E-state index contributed by atoms with van der Waals surface area (Å²) in [5, 5.41) is 21.5. The fraction of sp³-hybridized carbons (Fsp3) is 0.130. The van der Waals surface area contributed by atoms with Crippen molar-refractivity contribution in [3.05, 3.63) is 105 Å². The van der Waals surface area contributed by atoms with E-state index in [1.807, 2.05) is 6.07 Å². The van der Waals surface area contributed by atoms with Gasteiger partial charge in [-0.05, 0) is 36.2 Å². The second kappa shape index (κ2) is 10.6. The van der Waals surface area contributed by atoms with E-state index in [2.05, 4.69) is 0 Å². The molecule has 0 amide bonds. The summed E-state index contributed by atoms with van der Waals surface area (Å²) < 4.78 is 10.5. The van der Waals surface area contributed by atoms with Crippen LogP contribution in [0.3, 0.4) is 0 Å². The van der Waals surface area contributed by atoms with Gasteiger partial charge in [0.05, 0.1) is 22.2 Å². The number of carbonyl (C=O) groups is 2. The number of ether oxygens (including phenoxy) is 2. The van der Waals surface area contributed by atoms with E-state index >= 15 is 0 Å².